The molecule has 0 aliphatic heterocycles. The average Bonchev–Trinajstić information content (AvgIpc) is 2.84. The molecule has 0 spiro atoms. The second-order valence-electron chi connectivity index (χ2n) is 6.39. The van der Waals surface area contributed by atoms with Crippen molar-refractivity contribution in [3.05, 3.63) is 53.7 Å². The summed E-state index contributed by atoms with van der Waals surface area (Å²) >= 11 is 0. The molecule has 0 amide bonds. The first-order valence-corrected chi connectivity index (χ1v) is 8.19. The van der Waals surface area contributed by atoms with Gasteiger partial charge in [0.1, 0.15) is 11.5 Å². The molecule has 0 saturated carbocycles. The number of fused-ring (bicyclic) bond motifs is 1. The second kappa shape index (κ2) is 6.51. The Morgan fingerprint density at radius 3 is 2.40 bits per heavy atom. The third kappa shape index (κ3) is 3.18. The summed E-state index contributed by atoms with van der Waals surface area (Å²) in [5.74, 6) is 0.366. The third-order valence-corrected chi connectivity index (χ3v) is 4.13. The minimum absolute atomic E-state index is 0.0817. The highest BCUT2D eigenvalue weighted by Crippen LogP contribution is 2.42. The molecule has 0 unspecified atom stereocenters. The van der Waals surface area contributed by atoms with E-state index in [2.05, 4.69) is 0 Å². The average molecular weight is 339 g/mol. The van der Waals surface area contributed by atoms with Gasteiger partial charge in [-0.25, -0.2) is 0 Å². The number of aromatic hydroxyl groups is 2. The van der Waals surface area contributed by atoms with Crippen LogP contribution >= 0.6 is 0 Å². The molecule has 0 saturated heterocycles. The van der Waals surface area contributed by atoms with Gasteiger partial charge in [-0.3, -0.25) is 4.79 Å². The lowest BCUT2D eigenvalue weighted by Crippen LogP contribution is -2.09. The van der Waals surface area contributed by atoms with Crippen molar-refractivity contribution in [3.63, 3.8) is 0 Å². The summed E-state index contributed by atoms with van der Waals surface area (Å²) in [5, 5.41) is 20.4. The van der Waals surface area contributed by atoms with Gasteiger partial charge in [0.2, 0.25) is 0 Å². The van der Waals surface area contributed by atoms with Crippen LogP contribution in [0.15, 0.2) is 42.5 Å². The lowest BCUT2D eigenvalue weighted by Gasteiger charge is -2.15. The SMILES string of the molecule is CC(=O)Oc1c(C(C)C)n(Cc2ccc(O)cc2)c2cccc(O)c12. The Bertz CT molecular complexity index is 923. The minimum Gasteiger partial charge on any atom is -0.508 e. The standard InChI is InChI=1S/C20H21NO4/c1-12(2)19-20(25-13(3)22)18-16(5-4-6-17(18)24)21(19)11-14-7-9-15(23)10-8-14/h4-10,12,23-24H,11H2,1-3H3. The summed E-state index contributed by atoms with van der Waals surface area (Å²) in [6, 6.07) is 12.2. The molecular weight excluding hydrogens is 318 g/mol. The van der Waals surface area contributed by atoms with Crippen LogP contribution in [-0.4, -0.2) is 20.7 Å². The van der Waals surface area contributed by atoms with Crippen LogP contribution in [0.5, 0.6) is 17.2 Å². The highest BCUT2D eigenvalue weighted by Gasteiger charge is 2.24. The van der Waals surface area contributed by atoms with Gasteiger partial charge in [0, 0.05) is 13.5 Å². The van der Waals surface area contributed by atoms with Gasteiger partial charge in [-0.1, -0.05) is 32.0 Å². The quantitative estimate of drug-likeness (QED) is 0.701. The maximum atomic E-state index is 11.6. The summed E-state index contributed by atoms with van der Waals surface area (Å²) in [5.41, 5.74) is 2.64. The van der Waals surface area contributed by atoms with Gasteiger partial charge < -0.3 is 19.5 Å². The van der Waals surface area contributed by atoms with Crippen LogP contribution in [0.3, 0.4) is 0 Å². The van der Waals surface area contributed by atoms with E-state index in [1.54, 1.807) is 24.3 Å². The summed E-state index contributed by atoms with van der Waals surface area (Å²) in [6.45, 7) is 5.93. The van der Waals surface area contributed by atoms with Gasteiger partial charge in [-0.2, -0.15) is 0 Å². The molecule has 0 bridgehead atoms. The number of rotatable bonds is 4. The fourth-order valence-corrected chi connectivity index (χ4v) is 3.14. The number of phenolic OH excluding ortho intramolecular Hbond substituents is 2. The lowest BCUT2D eigenvalue weighted by molar-refractivity contribution is -0.131. The molecule has 3 aromatic rings. The molecule has 3 rings (SSSR count). The van der Waals surface area contributed by atoms with Crippen molar-refractivity contribution in [2.75, 3.05) is 0 Å². The van der Waals surface area contributed by atoms with E-state index in [9.17, 15) is 15.0 Å². The zero-order chi connectivity index (χ0) is 18.1. The summed E-state index contributed by atoms with van der Waals surface area (Å²) in [4.78, 5) is 11.6. The van der Waals surface area contributed by atoms with E-state index in [0.29, 0.717) is 17.7 Å². The summed E-state index contributed by atoms with van der Waals surface area (Å²) < 4.78 is 7.52. The number of aromatic nitrogens is 1. The monoisotopic (exact) mass is 339 g/mol. The Morgan fingerprint density at radius 2 is 1.80 bits per heavy atom. The zero-order valence-electron chi connectivity index (χ0n) is 14.5. The first kappa shape index (κ1) is 16.9. The van der Waals surface area contributed by atoms with Crippen molar-refractivity contribution in [1.82, 2.24) is 4.57 Å². The molecule has 1 aromatic heterocycles. The molecule has 130 valence electrons. The van der Waals surface area contributed by atoms with Gasteiger partial charge in [-0.15, -0.1) is 0 Å². The smallest absolute Gasteiger partial charge is 0.308 e. The second-order valence-corrected chi connectivity index (χ2v) is 6.39. The highest BCUT2D eigenvalue weighted by molar-refractivity contribution is 5.95. The number of carbonyl (C=O) groups is 1. The molecule has 0 aliphatic carbocycles. The van der Waals surface area contributed by atoms with E-state index >= 15 is 0 Å². The molecule has 0 radical (unpaired) electrons. The van der Waals surface area contributed by atoms with Crippen molar-refractivity contribution in [1.29, 1.82) is 0 Å². The fourth-order valence-electron chi connectivity index (χ4n) is 3.14. The molecule has 0 fully saturated rings. The Morgan fingerprint density at radius 1 is 1.12 bits per heavy atom. The Balaban J connectivity index is 2.25. The van der Waals surface area contributed by atoms with E-state index in [0.717, 1.165) is 16.8 Å². The summed E-state index contributed by atoms with van der Waals surface area (Å²) in [6.07, 6.45) is 0. The topological polar surface area (TPSA) is 71.7 Å². The van der Waals surface area contributed by atoms with E-state index in [1.165, 1.54) is 6.92 Å². The molecule has 1 heterocycles. The van der Waals surface area contributed by atoms with Gasteiger partial charge in [0.15, 0.2) is 5.75 Å². The number of nitrogens with zero attached hydrogens (tertiary/aromatic N) is 1. The lowest BCUT2D eigenvalue weighted by atomic mass is 10.1. The number of ether oxygens (including phenoxy) is 1. The van der Waals surface area contributed by atoms with Crippen LogP contribution in [0.25, 0.3) is 10.9 Å². The first-order chi connectivity index (χ1) is 11.9. The Kier molecular flexibility index (Phi) is 4.40. The van der Waals surface area contributed by atoms with Gasteiger partial charge >= 0.3 is 5.97 Å². The maximum absolute atomic E-state index is 11.6. The molecule has 25 heavy (non-hydrogen) atoms. The predicted molar refractivity (Wildman–Crippen MR) is 96.2 cm³/mol. The van der Waals surface area contributed by atoms with Crippen LogP contribution in [0.2, 0.25) is 0 Å². The number of hydrogen-bond acceptors (Lipinski definition) is 4. The van der Waals surface area contributed by atoms with E-state index < -0.39 is 5.97 Å². The Hall–Kier alpha value is -2.95. The van der Waals surface area contributed by atoms with Crippen LogP contribution < -0.4 is 4.74 Å². The number of esters is 1. The number of phenols is 2. The van der Waals surface area contributed by atoms with Crippen molar-refractivity contribution in [3.8, 4) is 17.2 Å². The van der Waals surface area contributed by atoms with E-state index in [1.807, 2.05) is 36.6 Å². The number of hydrogen-bond donors (Lipinski definition) is 2. The van der Waals surface area contributed by atoms with Gasteiger partial charge in [0.05, 0.1) is 16.6 Å². The molecular formula is C20H21NO4. The molecule has 0 aliphatic rings. The van der Waals surface area contributed by atoms with E-state index in [-0.39, 0.29) is 17.4 Å². The van der Waals surface area contributed by atoms with Crippen molar-refractivity contribution < 1.29 is 19.7 Å². The van der Waals surface area contributed by atoms with Crippen molar-refractivity contribution in [2.45, 2.75) is 33.2 Å². The fraction of sp³-hybridized carbons (Fsp3) is 0.250. The van der Waals surface area contributed by atoms with Gasteiger partial charge in [0.25, 0.3) is 0 Å². The largest absolute Gasteiger partial charge is 0.508 e. The van der Waals surface area contributed by atoms with Gasteiger partial charge in [-0.05, 0) is 35.7 Å². The van der Waals surface area contributed by atoms with Crippen LogP contribution in [0.4, 0.5) is 0 Å². The zero-order valence-corrected chi connectivity index (χ0v) is 14.5. The number of carbonyl (C=O) groups excluding carboxylic acids is 1. The molecule has 2 N–H and O–H groups in total. The number of benzene rings is 2. The van der Waals surface area contributed by atoms with Crippen molar-refractivity contribution >= 4 is 16.9 Å². The normalized spacial score (nSPS) is 11.2. The summed E-state index contributed by atoms with van der Waals surface area (Å²) in [7, 11) is 0. The van der Waals surface area contributed by atoms with E-state index in [4.69, 9.17) is 4.74 Å². The maximum Gasteiger partial charge on any atom is 0.308 e. The molecule has 5 heteroatoms. The Labute approximate surface area is 146 Å². The highest BCUT2D eigenvalue weighted by atomic mass is 16.5. The first-order valence-electron chi connectivity index (χ1n) is 8.19. The predicted octanol–water partition coefficient (Wildman–Crippen LogP) is 4.15. The van der Waals surface area contributed by atoms with Crippen LogP contribution in [0.1, 0.15) is 37.9 Å². The molecule has 5 nitrogen and oxygen atoms in total. The molecule has 2 aromatic carbocycles. The third-order valence-electron chi connectivity index (χ3n) is 4.13. The molecule has 0 atom stereocenters. The van der Waals surface area contributed by atoms with Crippen LogP contribution in [0, 0.1) is 0 Å². The van der Waals surface area contributed by atoms with Crippen molar-refractivity contribution in [2.24, 2.45) is 0 Å². The minimum atomic E-state index is -0.422. The van der Waals surface area contributed by atoms with Crippen LogP contribution in [-0.2, 0) is 11.3 Å².